The van der Waals surface area contributed by atoms with E-state index in [1.165, 1.54) is 4.90 Å². The summed E-state index contributed by atoms with van der Waals surface area (Å²) in [5, 5.41) is 2.84. The number of nitrogens with zero attached hydrogens (tertiary/aromatic N) is 2. The number of rotatable bonds is 9. The lowest BCUT2D eigenvalue weighted by atomic mass is 10.0. The number of nitrogens with one attached hydrogen (secondary N) is 1. The Hall–Kier alpha value is -3.15. The molecule has 1 atom stereocenters. The van der Waals surface area contributed by atoms with Crippen LogP contribution in [0.1, 0.15) is 29.8 Å². The summed E-state index contributed by atoms with van der Waals surface area (Å²) in [6.07, 6.45) is 0.349. The van der Waals surface area contributed by atoms with Crippen LogP contribution in [0.5, 0.6) is 0 Å². The molecule has 0 aliphatic heterocycles. The zero-order chi connectivity index (χ0) is 21.2. The number of hydrogen-bond acceptors (Lipinski definition) is 3. The summed E-state index contributed by atoms with van der Waals surface area (Å²) < 4.78 is 0. The lowest BCUT2D eigenvalue weighted by Gasteiger charge is -2.27. The fourth-order valence-electron chi connectivity index (χ4n) is 3.10. The Bertz CT molecular complexity index is 805. The minimum Gasteiger partial charge on any atom is -0.342 e. The molecule has 3 amide bonds. The molecule has 29 heavy (non-hydrogen) atoms. The van der Waals surface area contributed by atoms with Crippen LogP contribution in [0.4, 0.5) is 0 Å². The van der Waals surface area contributed by atoms with Crippen molar-refractivity contribution in [2.45, 2.75) is 26.3 Å². The van der Waals surface area contributed by atoms with Crippen molar-refractivity contribution in [1.29, 1.82) is 0 Å². The molecule has 0 saturated carbocycles. The van der Waals surface area contributed by atoms with Crippen molar-refractivity contribution in [2.75, 3.05) is 26.7 Å². The molecule has 0 fully saturated rings. The van der Waals surface area contributed by atoms with Crippen molar-refractivity contribution in [3.8, 4) is 0 Å². The fraction of sp³-hybridized carbons (Fsp3) is 0.348. The van der Waals surface area contributed by atoms with E-state index < -0.39 is 6.04 Å². The second kappa shape index (κ2) is 11.0. The molecule has 154 valence electrons. The van der Waals surface area contributed by atoms with Crippen LogP contribution in [0, 0.1) is 0 Å². The minimum absolute atomic E-state index is 0.0208. The number of likely N-dealkylation sites (N-methyl/N-ethyl adjacent to an activating group) is 2. The van der Waals surface area contributed by atoms with Crippen LogP contribution in [0.25, 0.3) is 0 Å². The maximum Gasteiger partial charge on any atom is 0.251 e. The second-order valence-corrected chi connectivity index (χ2v) is 6.84. The van der Waals surface area contributed by atoms with Crippen molar-refractivity contribution in [3.63, 3.8) is 0 Å². The fourth-order valence-corrected chi connectivity index (χ4v) is 3.10. The van der Waals surface area contributed by atoms with Gasteiger partial charge in [-0.1, -0.05) is 48.5 Å². The highest BCUT2D eigenvalue weighted by Gasteiger charge is 2.26. The third-order valence-corrected chi connectivity index (χ3v) is 4.79. The van der Waals surface area contributed by atoms with Gasteiger partial charge in [0.05, 0.1) is 6.54 Å². The molecule has 0 spiro atoms. The van der Waals surface area contributed by atoms with Crippen molar-refractivity contribution >= 4 is 17.7 Å². The summed E-state index contributed by atoms with van der Waals surface area (Å²) in [6, 6.07) is 17.5. The summed E-state index contributed by atoms with van der Waals surface area (Å²) in [5.41, 5.74) is 1.42. The summed E-state index contributed by atoms with van der Waals surface area (Å²) in [6.45, 7) is 4.97. The van der Waals surface area contributed by atoms with Gasteiger partial charge in [0.1, 0.15) is 6.04 Å². The highest BCUT2D eigenvalue weighted by molar-refractivity contribution is 5.98. The van der Waals surface area contributed by atoms with E-state index in [0.29, 0.717) is 25.1 Å². The highest BCUT2D eigenvalue weighted by atomic mass is 16.2. The summed E-state index contributed by atoms with van der Waals surface area (Å²) in [7, 11) is 1.59. The monoisotopic (exact) mass is 395 g/mol. The Balaban J connectivity index is 2.15. The van der Waals surface area contributed by atoms with E-state index in [1.807, 2.05) is 50.2 Å². The van der Waals surface area contributed by atoms with Crippen LogP contribution in [0.3, 0.4) is 0 Å². The smallest absolute Gasteiger partial charge is 0.251 e. The first kappa shape index (κ1) is 22.1. The number of carbonyl (C=O) groups is 3. The molecule has 0 bridgehead atoms. The molecule has 0 aliphatic rings. The van der Waals surface area contributed by atoms with Gasteiger partial charge in [0, 0.05) is 32.1 Å². The lowest BCUT2D eigenvalue weighted by molar-refractivity contribution is -0.140. The van der Waals surface area contributed by atoms with E-state index in [9.17, 15) is 14.4 Å². The quantitative estimate of drug-likeness (QED) is 0.709. The van der Waals surface area contributed by atoms with E-state index in [-0.39, 0.29) is 24.3 Å². The van der Waals surface area contributed by atoms with Crippen molar-refractivity contribution < 1.29 is 14.4 Å². The van der Waals surface area contributed by atoms with E-state index in [1.54, 1.807) is 36.2 Å². The Morgan fingerprint density at radius 2 is 1.45 bits per heavy atom. The zero-order valence-corrected chi connectivity index (χ0v) is 17.3. The molecule has 2 rings (SSSR count). The molecular weight excluding hydrogens is 366 g/mol. The van der Waals surface area contributed by atoms with Crippen LogP contribution in [-0.4, -0.2) is 60.2 Å². The molecule has 6 heteroatoms. The molecule has 0 aromatic heterocycles. The van der Waals surface area contributed by atoms with Gasteiger partial charge in [-0.25, -0.2) is 0 Å². The average molecular weight is 396 g/mol. The van der Waals surface area contributed by atoms with Gasteiger partial charge in [-0.05, 0) is 31.5 Å². The Morgan fingerprint density at radius 3 is 2.00 bits per heavy atom. The molecule has 1 unspecified atom stereocenters. The van der Waals surface area contributed by atoms with Gasteiger partial charge in [-0.2, -0.15) is 0 Å². The van der Waals surface area contributed by atoms with Gasteiger partial charge in [0.2, 0.25) is 11.8 Å². The van der Waals surface area contributed by atoms with E-state index in [2.05, 4.69) is 5.32 Å². The zero-order valence-electron chi connectivity index (χ0n) is 17.3. The molecule has 1 N–H and O–H groups in total. The molecule has 2 aromatic carbocycles. The van der Waals surface area contributed by atoms with Crippen molar-refractivity contribution in [2.24, 2.45) is 0 Å². The number of benzene rings is 2. The Labute approximate surface area is 172 Å². The minimum atomic E-state index is -0.764. The maximum absolute atomic E-state index is 13.1. The van der Waals surface area contributed by atoms with Gasteiger partial charge < -0.3 is 15.1 Å². The van der Waals surface area contributed by atoms with Gasteiger partial charge in [0.15, 0.2) is 0 Å². The average Bonchev–Trinajstić information content (AvgIpc) is 2.74. The SMILES string of the molecule is CCN(CC)C(=O)CN(C)C(=O)C(Cc1ccccc1)NC(=O)c1ccccc1. The van der Waals surface area contributed by atoms with Gasteiger partial charge >= 0.3 is 0 Å². The standard InChI is InChI=1S/C23H29N3O3/c1-4-26(5-2)21(27)17-25(3)23(29)20(16-18-12-8-6-9-13-18)24-22(28)19-14-10-7-11-15-19/h6-15,20H,4-5,16-17H2,1-3H3,(H,24,28). The predicted molar refractivity (Wildman–Crippen MR) is 113 cm³/mol. The third-order valence-electron chi connectivity index (χ3n) is 4.79. The molecule has 0 aliphatic carbocycles. The number of hydrogen-bond donors (Lipinski definition) is 1. The molecular formula is C23H29N3O3. The third kappa shape index (κ3) is 6.45. The van der Waals surface area contributed by atoms with E-state index >= 15 is 0 Å². The Morgan fingerprint density at radius 1 is 0.897 bits per heavy atom. The number of amides is 3. The van der Waals surface area contributed by atoms with Crippen LogP contribution < -0.4 is 5.32 Å². The van der Waals surface area contributed by atoms with Gasteiger partial charge in [0.25, 0.3) is 5.91 Å². The first-order valence-corrected chi connectivity index (χ1v) is 9.88. The molecule has 6 nitrogen and oxygen atoms in total. The van der Waals surface area contributed by atoms with Crippen molar-refractivity contribution in [1.82, 2.24) is 15.1 Å². The Kier molecular flexibility index (Phi) is 8.40. The normalized spacial score (nSPS) is 11.4. The molecule has 0 heterocycles. The van der Waals surface area contributed by atoms with Crippen LogP contribution >= 0.6 is 0 Å². The van der Waals surface area contributed by atoms with Crippen molar-refractivity contribution in [3.05, 3.63) is 71.8 Å². The predicted octanol–water partition coefficient (Wildman–Crippen LogP) is 2.35. The second-order valence-electron chi connectivity index (χ2n) is 6.84. The first-order chi connectivity index (χ1) is 14.0. The molecule has 2 aromatic rings. The molecule has 0 saturated heterocycles. The van der Waals surface area contributed by atoms with E-state index in [0.717, 1.165) is 5.56 Å². The summed E-state index contributed by atoms with van der Waals surface area (Å²) in [5.74, 6) is -0.722. The van der Waals surface area contributed by atoms with E-state index in [4.69, 9.17) is 0 Å². The van der Waals surface area contributed by atoms with Crippen LogP contribution in [-0.2, 0) is 16.0 Å². The van der Waals surface area contributed by atoms with Gasteiger partial charge in [-0.3, -0.25) is 14.4 Å². The first-order valence-electron chi connectivity index (χ1n) is 9.88. The number of carbonyl (C=O) groups excluding carboxylic acids is 3. The maximum atomic E-state index is 13.1. The van der Waals surface area contributed by atoms with Crippen LogP contribution in [0.2, 0.25) is 0 Å². The summed E-state index contributed by atoms with van der Waals surface area (Å²) >= 11 is 0. The largest absolute Gasteiger partial charge is 0.342 e. The molecule has 0 radical (unpaired) electrons. The summed E-state index contributed by atoms with van der Waals surface area (Å²) in [4.78, 5) is 41.2. The van der Waals surface area contributed by atoms with Gasteiger partial charge in [-0.15, -0.1) is 0 Å². The van der Waals surface area contributed by atoms with Crippen LogP contribution in [0.15, 0.2) is 60.7 Å². The highest BCUT2D eigenvalue weighted by Crippen LogP contribution is 2.08. The topological polar surface area (TPSA) is 69.7 Å². The lowest BCUT2D eigenvalue weighted by Crippen LogP contribution is -2.51.